The highest BCUT2D eigenvalue weighted by Crippen LogP contribution is 2.18. The molecule has 1 saturated heterocycles. The highest BCUT2D eigenvalue weighted by Gasteiger charge is 2.22. The maximum atomic E-state index is 12.6. The molecule has 0 aliphatic carbocycles. The van der Waals surface area contributed by atoms with Crippen LogP contribution in [-0.2, 0) is 0 Å². The summed E-state index contributed by atoms with van der Waals surface area (Å²) in [7, 11) is 0. The molecule has 0 atom stereocenters. The monoisotopic (exact) mass is 307 g/mol. The molecule has 0 radical (unpaired) electrons. The van der Waals surface area contributed by atoms with Gasteiger partial charge in [0.15, 0.2) is 5.69 Å². The fraction of sp³-hybridized carbons (Fsp3) is 0.812. The van der Waals surface area contributed by atoms with E-state index < -0.39 is 0 Å². The van der Waals surface area contributed by atoms with Crippen LogP contribution in [0.2, 0.25) is 0 Å². The highest BCUT2D eigenvalue weighted by atomic mass is 16.2. The van der Waals surface area contributed by atoms with E-state index in [1.165, 1.54) is 0 Å². The van der Waals surface area contributed by atoms with Crippen molar-refractivity contribution in [2.24, 2.45) is 5.92 Å². The van der Waals surface area contributed by atoms with Gasteiger partial charge >= 0.3 is 0 Å². The first kappa shape index (κ1) is 16.9. The van der Waals surface area contributed by atoms with Crippen LogP contribution < -0.4 is 5.32 Å². The van der Waals surface area contributed by atoms with Gasteiger partial charge < -0.3 is 10.2 Å². The van der Waals surface area contributed by atoms with Gasteiger partial charge in [0.2, 0.25) is 0 Å². The standard InChI is InChI=1S/C16H29N5O/c1-4-13(5-2)11-20(6-3)16(22)15-12-21(19-18-15)14-7-9-17-10-8-14/h12-14,17H,4-11H2,1-3H3. The van der Waals surface area contributed by atoms with Gasteiger partial charge in [-0.2, -0.15) is 0 Å². The predicted octanol–water partition coefficient (Wildman–Crippen LogP) is 2.10. The van der Waals surface area contributed by atoms with Gasteiger partial charge in [-0.25, -0.2) is 4.68 Å². The minimum atomic E-state index is 0.00887. The molecule has 0 unspecified atom stereocenters. The number of rotatable bonds is 7. The third-order valence-electron chi connectivity index (χ3n) is 4.71. The molecule has 1 N–H and O–H groups in total. The first-order valence-corrected chi connectivity index (χ1v) is 8.61. The first-order valence-electron chi connectivity index (χ1n) is 8.61. The van der Waals surface area contributed by atoms with E-state index >= 15 is 0 Å². The van der Waals surface area contributed by atoms with Crippen LogP contribution >= 0.6 is 0 Å². The van der Waals surface area contributed by atoms with Crippen LogP contribution in [0.1, 0.15) is 63.0 Å². The van der Waals surface area contributed by atoms with E-state index in [9.17, 15) is 4.79 Å². The molecule has 0 bridgehead atoms. The molecule has 22 heavy (non-hydrogen) atoms. The van der Waals surface area contributed by atoms with E-state index in [0.717, 1.165) is 51.9 Å². The Hall–Kier alpha value is -1.43. The van der Waals surface area contributed by atoms with Crippen LogP contribution in [-0.4, -0.2) is 52.0 Å². The smallest absolute Gasteiger partial charge is 0.276 e. The molecular weight excluding hydrogens is 278 g/mol. The van der Waals surface area contributed by atoms with Crippen molar-refractivity contribution in [2.45, 2.75) is 52.5 Å². The van der Waals surface area contributed by atoms with E-state index in [4.69, 9.17) is 0 Å². The van der Waals surface area contributed by atoms with Crippen molar-refractivity contribution in [1.29, 1.82) is 0 Å². The molecule has 1 aromatic rings. The van der Waals surface area contributed by atoms with Gasteiger partial charge in [-0.1, -0.05) is 31.9 Å². The van der Waals surface area contributed by atoms with E-state index in [0.29, 0.717) is 17.7 Å². The lowest BCUT2D eigenvalue weighted by atomic mass is 10.0. The summed E-state index contributed by atoms with van der Waals surface area (Å²) in [4.78, 5) is 14.5. The SMILES string of the molecule is CCC(CC)CN(CC)C(=O)c1cn(C2CCNCC2)nn1. The average Bonchev–Trinajstić information content (AvgIpc) is 3.06. The van der Waals surface area contributed by atoms with Crippen molar-refractivity contribution in [3.8, 4) is 0 Å². The second-order valence-corrected chi connectivity index (χ2v) is 6.09. The molecule has 0 saturated carbocycles. The number of carbonyl (C=O) groups excluding carboxylic acids is 1. The number of carbonyl (C=O) groups is 1. The van der Waals surface area contributed by atoms with Crippen LogP contribution in [0, 0.1) is 5.92 Å². The Labute approximate surface area is 133 Å². The van der Waals surface area contributed by atoms with Crippen molar-refractivity contribution in [2.75, 3.05) is 26.2 Å². The Bertz CT molecular complexity index is 463. The van der Waals surface area contributed by atoms with Crippen LogP contribution in [0.3, 0.4) is 0 Å². The number of hydrogen-bond donors (Lipinski definition) is 1. The Morgan fingerprint density at radius 1 is 1.36 bits per heavy atom. The summed E-state index contributed by atoms with van der Waals surface area (Å²) in [5, 5.41) is 11.6. The van der Waals surface area contributed by atoms with Crippen LogP contribution in [0.5, 0.6) is 0 Å². The Kier molecular flexibility index (Phi) is 6.36. The highest BCUT2D eigenvalue weighted by molar-refractivity contribution is 5.91. The minimum absolute atomic E-state index is 0.00887. The minimum Gasteiger partial charge on any atom is -0.337 e. The zero-order valence-corrected chi connectivity index (χ0v) is 14.1. The average molecular weight is 307 g/mol. The van der Waals surface area contributed by atoms with E-state index in [2.05, 4.69) is 29.5 Å². The summed E-state index contributed by atoms with van der Waals surface area (Å²) in [6.07, 6.45) is 6.11. The first-order chi connectivity index (χ1) is 10.7. The van der Waals surface area contributed by atoms with Gasteiger partial charge in [0.25, 0.3) is 5.91 Å². The fourth-order valence-electron chi connectivity index (χ4n) is 3.00. The van der Waals surface area contributed by atoms with Gasteiger partial charge in [-0.15, -0.1) is 5.10 Å². The van der Waals surface area contributed by atoms with Gasteiger partial charge in [0.05, 0.1) is 12.2 Å². The molecule has 0 spiro atoms. The lowest BCUT2D eigenvalue weighted by Crippen LogP contribution is -2.35. The molecule has 0 aromatic carbocycles. The number of piperidine rings is 1. The maximum absolute atomic E-state index is 12.6. The fourth-order valence-corrected chi connectivity index (χ4v) is 3.00. The van der Waals surface area contributed by atoms with Gasteiger partial charge in [0.1, 0.15) is 0 Å². The van der Waals surface area contributed by atoms with Gasteiger partial charge in [0, 0.05) is 13.1 Å². The molecular formula is C16H29N5O. The molecule has 2 rings (SSSR count). The predicted molar refractivity (Wildman–Crippen MR) is 86.8 cm³/mol. The maximum Gasteiger partial charge on any atom is 0.276 e. The molecule has 1 aliphatic heterocycles. The summed E-state index contributed by atoms with van der Waals surface area (Å²) < 4.78 is 1.87. The van der Waals surface area contributed by atoms with Crippen LogP contribution in [0.4, 0.5) is 0 Å². The normalized spacial score (nSPS) is 16.2. The number of hydrogen-bond acceptors (Lipinski definition) is 4. The molecule has 6 heteroatoms. The molecule has 1 amide bonds. The van der Waals surface area contributed by atoms with Crippen molar-refractivity contribution in [3.05, 3.63) is 11.9 Å². The van der Waals surface area contributed by atoms with Crippen molar-refractivity contribution >= 4 is 5.91 Å². The zero-order chi connectivity index (χ0) is 15.9. The van der Waals surface area contributed by atoms with E-state index in [1.807, 2.05) is 22.7 Å². The van der Waals surface area contributed by atoms with Crippen molar-refractivity contribution in [1.82, 2.24) is 25.2 Å². The van der Waals surface area contributed by atoms with Gasteiger partial charge in [-0.3, -0.25) is 4.79 Å². The van der Waals surface area contributed by atoms with Gasteiger partial charge in [-0.05, 0) is 38.8 Å². The van der Waals surface area contributed by atoms with Crippen molar-refractivity contribution in [3.63, 3.8) is 0 Å². The number of aromatic nitrogens is 3. The van der Waals surface area contributed by atoms with Crippen molar-refractivity contribution < 1.29 is 4.79 Å². The third-order valence-corrected chi connectivity index (χ3v) is 4.71. The summed E-state index contributed by atoms with van der Waals surface area (Å²) in [6, 6.07) is 0.365. The molecule has 1 aliphatic rings. The van der Waals surface area contributed by atoms with E-state index in [1.54, 1.807) is 0 Å². The molecule has 2 heterocycles. The third kappa shape index (κ3) is 4.06. The summed E-state index contributed by atoms with van der Waals surface area (Å²) in [5.74, 6) is 0.568. The van der Waals surface area contributed by atoms with Crippen LogP contribution in [0.25, 0.3) is 0 Å². The Balaban J connectivity index is 2.02. The molecule has 1 fully saturated rings. The molecule has 1 aromatic heterocycles. The largest absolute Gasteiger partial charge is 0.337 e. The Morgan fingerprint density at radius 3 is 2.64 bits per heavy atom. The quantitative estimate of drug-likeness (QED) is 0.838. The molecule has 6 nitrogen and oxygen atoms in total. The lowest BCUT2D eigenvalue weighted by Gasteiger charge is -2.24. The summed E-state index contributed by atoms with van der Waals surface area (Å²) >= 11 is 0. The Morgan fingerprint density at radius 2 is 2.05 bits per heavy atom. The number of amides is 1. The number of nitrogens with zero attached hydrogens (tertiary/aromatic N) is 4. The molecule has 124 valence electrons. The number of nitrogens with one attached hydrogen (secondary N) is 1. The second-order valence-electron chi connectivity index (χ2n) is 6.09. The topological polar surface area (TPSA) is 63.1 Å². The second kappa shape index (κ2) is 8.27. The summed E-state index contributed by atoms with van der Waals surface area (Å²) in [6.45, 7) is 9.92. The van der Waals surface area contributed by atoms with Crippen LogP contribution in [0.15, 0.2) is 6.20 Å². The zero-order valence-electron chi connectivity index (χ0n) is 14.1. The van der Waals surface area contributed by atoms with E-state index in [-0.39, 0.29) is 5.91 Å². The summed E-state index contributed by atoms with van der Waals surface area (Å²) in [5.41, 5.74) is 0.478. The lowest BCUT2D eigenvalue weighted by molar-refractivity contribution is 0.0729.